The van der Waals surface area contributed by atoms with Crippen LogP contribution in [0.5, 0.6) is 5.75 Å². The van der Waals surface area contributed by atoms with E-state index in [1.165, 1.54) is 5.56 Å². The molecule has 1 atom stereocenters. The van der Waals surface area contributed by atoms with E-state index in [1.54, 1.807) is 7.11 Å². The second-order valence-electron chi connectivity index (χ2n) is 8.08. The van der Waals surface area contributed by atoms with Gasteiger partial charge in [-0.05, 0) is 61.7 Å². The van der Waals surface area contributed by atoms with Crippen molar-refractivity contribution >= 4 is 11.6 Å². The van der Waals surface area contributed by atoms with E-state index in [-0.39, 0.29) is 11.8 Å². The lowest BCUT2D eigenvalue weighted by Gasteiger charge is -2.31. The zero-order valence-electron chi connectivity index (χ0n) is 18.3. The van der Waals surface area contributed by atoms with Crippen LogP contribution in [0.4, 0.5) is 5.69 Å². The highest BCUT2D eigenvalue weighted by atomic mass is 16.5. The van der Waals surface area contributed by atoms with Crippen LogP contribution in [0.2, 0.25) is 0 Å². The molecule has 1 fully saturated rings. The molecule has 1 N–H and O–H groups in total. The summed E-state index contributed by atoms with van der Waals surface area (Å²) in [5.74, 6) is 0.940. The summed E-state index contributed by atoms with van der Waals surface area (Å²) in [4.78, 5) is 15.2. The SMILES string of the molecule is CCn1cc(CN2CCCC(C(=O)Nc3ccc(-c4cccc(OC)c4)cc3)C2)cn1. The second-order valence-corrected chi connectivity index (χ2v) is 8.08. The van der Waals surface area contributed by atoms with Crippen molar-refractivity contribution in [1.82, 2.24) is 14.7 Å². The van der Waals surface area contributed by atoms with Crippen molar-refractivity contribution in [3.05, 3.63) is 66.5 Å². The van der Waals surface area contributed by atoms with Gasteiger partial charge in [-0.25, -0.2) is 0 Å². The summed E-state index contributed by atoms with van der Waals surface area (Å²) in [5, 5.41) is 7.46. The number of carbonyl (C=O) groups excluding carboxylic acids is 1. The summed E-state index contributed by atoms with van der Waals surface area (Å²) in [6.45, 7) is 5.61. The molecule has 6 heteroatoms. The number of ether oxygens (including phenoxy) is 1. The van der Waals surface area contributed by atoms with Gasteiger partial charge in [0.15, 0.2) is 0 Å². The monoisotopic (exact) mass is 418 g/mol. The van der Waals surface area contributed by atoms with E-state index in [0.29, 0.717) is 0 Å². The number of hydrogen-bond acceptors (Lipinski definition) is 4. The van der Waals surface area contributed by atoms with Crippen LogP contribution in [0, 0.1) is 5.92 Å². The van der Waals surface area contributed by atoms with E-state index in [4.69, 9.17) is 4.74 Å². The summed E-state index contributed by atoms with van der Waals surface area (Å²) in [7, 11) is 1.67. The van der Waals surface area contributed by atoms with Crippen molar-refractivity contribution in [2.75, 3.05) is 25.5 Å². The maximum atomic E-state index is 12.9. The molecule has 0 spiro atoms. The number of hydrogen-bond donors (Lipinski definition) is 1. The molecule has 31 heavy (non-hydrogen) atoms. The molecule has 1 aromatic heterocycles. The van der Waals surface area contributed by atoms with Gasteiger partial charge in [0.25, 0.3) is 0 Å². The van der Waals surface area contributed by atoms with Crippen LogP contribution in [0.3, 0.4) is 0 Å². The molecular formula is C25H30N4O2. The molecule has 3 aromatic rings. The number of amides is 1. The van der Waals surface area contributed by atoms with Gasteiger partial charge in [0.1, 0.15) is 5.75 Å². The van der Waals surface area contributed by atoms with E-state index >= 15 is 0 Å². The van der Waals surface area contributed by atoms with Gasteiger partial charge in [-0.2, -0.15) is 5.10 Å². The van der Waals surface area contributed by atoms with Crippen molar-refractivity contribution in [3.8, 4) is 16.9 Å². The Bertz CT molecular complexity index is 1010. The third-order valence-electron chi connectivity index (χ3n) is 5.85. The van der Waals surface area contributed by atoms with Gasteiger partial charge in [0, 0.05) is 37.1 Å². The highest BCUT2D eigenvalue weighted by molar-refractivity contribution is 5.93. The number of aromatic nitrogens is 2. The second kappa shape index (κ2) is 9.79. The maximum Gasteiger partial charge on any atom is 0.228 e. The van der Waals surface area contributed by atoms with E-state index < -0.39 is 0 Å². The molecule has 2 aromatic carbocycles. The highest BCUT2D eigenvalue weighted by Gasteiger charge is 2.26. The van der Waals surface area contributed by atoms with Crippen molar-refractivity contribution in [2.45, 2.75) is 32.9 Å². The molecule has 1 aliphatic heterocycles. The zero-order valence-corrected chi connectivity index (χ0v) is 18.3. The fourth-order valence-corrected chi connectivity index (χ4v) is 4.13. The first-order valence-electron chi connectivity index (χ1n) is 10.9. The highest BCUT2D eigenvalue weighted by Crippen LogP contribution is 2.26. The quantitative estimate of drug-likeness (QED) is 0.617. The summed E-state index contributed by atoms with van der Waals surface area (Å²) in [6.07, 6.45) is 5.98. The van der Waals surface area contributed by atoms with E-state index in [0.717, 1.165) is 61.6 Å². The number of carbonyl (C=O) groups is 1. The third kappa shape index (κ3) is 5.33. The molecule has 0 bridgehead atoms. The zero-order chi connectivity index (χ0) is 21.6. The fraction of sp³-hybridized carbons (Fsp3) is 0.360. The topological polar surface area (TPSA) is 59.4 Å². The number of nitrogens with zero attached hydrogens (tertiary/aromatic N) is 3. The van der Waals surface area contributed by atoms with Crippen LogP contribution in [-0.2, 0) is 17.9 Å². The van der Waals surface area contributed by atoms with Gasteiger partial charge in [-0.1, -0.05) is 24.3 Å². The summed E-state index contributed by atoms with van der Waals surface area (Å²) >= 11 is 0. The number of methoxy groups -OCH3 is 1. The van der Waals surface area contributed by atoms with Gasteiger partial charge in [0.05, 0.1) is 19.2 Å². The predicted octanol–water partition coefficient (Wildman–Crippen LogP) is 4.43. The van der Waals surface area contributed by atoms with Gasteiger partial charge < -0.3 is 10.1 Å². The first-order valence-corrected chi connectivity index (χ1v) is 10.9. The molecular weight excluding hydrogens is 388 g/mol. The van der Waals surface area contributed by atoms with Crippen LogP contribution in [0.1, 0.15) is 25.3 Å². The Morgan fingerprint density at radius 2 is 2.03 bits per heavy atom. The minimum atomic E-state index is 0.00744. The van der Waals surface area contributed by atoms with Crippen LogP contribution >= 0.6 is 0 Å². The van der Waals surface area contributed by atoms with Crippen molar-refractivity contribution in [1.29, 1.82) is 0 Å². The van der Waals surface area contributed by atoms with Crippen molar-refractivity contribution < 1.29 is 9.53 Å². The molecule has 1 saturated heterocycles. The van der Waals surface area contributed by atoms with E-state index in [2.05, 4.69) is 34.5 Å². The lowest BCUT2D eigenvalue weighted by atomic mass is 9.96. The Hall–Kier alpha value is -3.12. The molecule has 0 radical (unpaired) electrons. The van der Waals surface area contributed by atoms with E-state index in [9.17, 15) is 4.79 Å². The number of anilines is 1. The van der Waals surface area contributed by atoms with Crippen LogP contribution in [0.25, 0.3) is 11.1 Å². The third-order valence-corrected chi connectivity index (χ3v) is 5.85. The van der Waals surface area contributed by atoms with Gasteiger partial charge in [-0.15, -0.1) is 0 Å². The number of likely N-dealkylation sites (tertiary alicyclic amines) is 1. The van der Waals surface area contributed by atoms with Crippen LogP contribution in [0.15, 0.2) is 60.9 Å². The summed E-state index contributed by atoms with van der Waals surface area (Å²) in [5.41, 5.74) is 4.22. The van der Waals surface area contributed by atoms with Gasteiger partial charge in [-0.3, -0.25) is 14.4 Å². The molecule has 1 amide bonds. The van der Waals surface area contributed by atoms with Gasteiger partial charge >= 0.3 is 0 Å². The molecule has 1 unspecified atom stereocenters. The predicted molar refractivity (Wildman–Crippen MR) is 123 cm³/mol. The summed E-state index contributed by atoms with van der Waals surface area (Å²) < 4.78 is 7.25. The maximum absolute atomic E-state index is 12.9. The normalized spacial score (nSPS) is 16.8. The molecule has 4 rings (SSSR count). The number of aryl methyl sites for hydroxylation is 1. The number of nitrogens with one attached hydrogen (secondary N) is 1. The Morgan fingerprint density at radius 3 is 2.77 bits per heavy atom. The molecule has 6 nitrogen and oxygen atoms in total. The lowest BCUT2D eigenvalue weighted by molar-refractivity contribution is -0.121. The average Bonchev–Trinajstić information content (AvgIpc) is 3.27. The van der Waals surface area contributed by atoms with Crippen molar-refractivity contribution in [3.63, 3.8) is 0 Å². The van der Waals surface area contributed by atoms with Crippen LogP contribution in [-0.4, -0.2) is 40.8 Å². The smallest absolute Gasteiger partial charge is 0.228 e. The lowest BCUT2D eigenvalue weighted by Crippen LogP contribution is -2.40. The molecule has 2 heterocycles. The average molecular weight is 419 g/mol. The Labute approximate surface area is 183 Å². The van der Waals surface area contributed by atoms with Crippen LogP contribution < -0.4 is 10.1 Å². The fourth-order valence-electron chi connectivity index (χ4n) is 4.13. The minimum absolute atomic E-state index is 0.00744. The molecule has 162 valence electrons. The molecule has 0 saturated carbocycles. The van der Waals surface area contributed by atoms with E-state index in [1.807, 2.05) is 53.3 Å². The standard InChI is InChI=1S/C25H30N4O2/c1-3-29-17-19(15-26-29)16-28-13-5-7-22(18-28)25(30)27-23-11-9-20(10-12-23)21-6-4-8-24(14-21)31-2/h4,6,8-12,14-15,17,22H,3,5,7,13,16,18H2,1-2H3,(H,27,30). The Kier molecular flexibility index (Phi) is 6.67. The minimum Gasteiger partial charge on any atom is -0.497 e. The molecule has 0 aliphatic carbocycles. The number of piperidine rings is 1. The first kappa shape index (κ1) is 21.1. The first-order chi connectivity index (χ1) is 15.1. The Balaban J connectivity index is 1.35. The number of rotatable bonds is 7. The number of benzene rings is 2. The molecule has 1 aliphatic rings. The van der Waals surface area contributed by atoms with Gasteiger partial charge in [0.2, 0.25) is 5.91 Å². The Morgan fingerprint density at radius 1 is 1.19 bits per heavy atom. The summed E-state index contributed by atoms with van der Waals surface area (Å²) in [6, 6.07) is 16.0. The largest absolute Gasteiger partial charge is 0.497 e. The van der Waals surface area contributed by atoms with Crippen molar-refractivity contribution in [2.24, 2.45) is 5.92 Å².